The molecule has 0 saturated carbocycles. The summed E-state index contributed by atoms with van der Waals surface area (Å²) in [5.74, 6) is 1.74. The molecular weight excluding hydrogens is 390 g/mol. The Labute approximate surface area is 174 Å². The van der Waals surface area contributed by atoms with Crippen molar-refractivity contribution in [1.82, 2.24) is 4.90 Å². The van der Waals surface area contributed by atoms with Crippen LogP contribution in [0.2, 0.25) is 5.02 Å². The van der Waals surface area contributed by atoms with Crippen molar-refractivity contribution in [3.63, 3.8) is 0 Å². The average Bonchev–Trinajstić information content (AvgIpc) is 3.23. The molecule has 0 aliphatic carbocycles. The van der Waals surface area contributed by atoms with Gasteiger partial charge in [0, 0.05) is 28.4 Å². The van der Waals surface area contributed by atoms with E-state index in [1.54, 1.807) is 36.0 Å². The van der Waals surface area contributed by atoms with Gasteiger partial charge < -0.3 is 9.64 Å². The Hall–Kier alpha value is -2.43. The minimum atomic E-state index is -0.0600. The van der Waals surface area contributed by atoms with E-state index in [0.717, 1.165) is 22.6 Å². The maximum absolute atomic E-state index is 13.1. The highest BCUT2D eigenvalue weighted by Gasteiger charge is 2.33. The third kappa shape index (κ3) is 4.18. The van der Waals surface area contributed by atoms with E-state index in [-0.39, 0.29) is 11.3 Å². The van der Waals surface area contributed by atoms with E-state index in [9.17, 15) is 4.79 Å². The molecule has 4 rings (SSSR count). The normalized spacial score (nSPS) is 16.2. The molecule has 1 heterocycles. The van der Waals surface area contributed by atoms with Crippen LogP contribution in [0.3, 0.4) is 0 Å². The summed E-state index contributed by atoms with van der Waals surface area (Å²) in [6.07, 6.45) is 0. The number of nitrogens with zero attached hydrogens (tertiary/aromatic N) is 1. The van der Waals surface area contributed by atoms with Crippen molar-refractivity contribution in [2.45, 2.75) is 12.0 Å². The molecule has 1 saturated heterocycles. The highest BCUT2D eigenvalue weighted by Crippen LogP contribution is 2.42. The second kappa shape index (κ2) is 8.72. The van der Waals surface area contributed by atoms with Crippen molar-refractivity contribution in [3.8, 4) is 5.75 Å². The van der Waals surface area contributed by atoms with Crippen LogP contribution in [0.15, 0.2) is 78.9 Å². The number of carbonyl (C=O) groups excluding carboxylic acids is 1. The number of thioether (sulfide) groups is 1. The van der Waals surface area contributed by atoms with Gasteiger partial charge in [0.1, 0.15) is 17.7 Å². The zero-order valence-electron chi connectivity index (χ0n) is 15.3. The highest BCUT2D eigenvalue weighted by atomic mass is 35.5. The van der Waals surface area contributed by atoms with Crippen LogP contribution in [0.4, 0.5) is 0 Å². The summed E-state index contributed by atoms with van der Waals surface area (Å²) < 4.78 is 6.12. The fourth-order valence-electron chi connectivity index (χ4n) is 3.25. The molecule has 3 aromatic carbocycles. The van der Waals surface area contributed by atoms with Gasteiger partial charge in [0.2, 0.25) is 0 Å². The zero-order chi connectivity index (χ0) is 19.3. The molecular formula is C23H20ClNO2S. The summed E-state index contributed by atoms with van der Waals surface area (Å²) >= 11 is 7.73. The van der Waals surface area contributed by atoms with Gasteiger partial charge in [0.05, 0.1) is 0 Å². The van der Waals surface area contributed by atoms with Crippen molar-refractivity contribution in [1.29, 1.82) is 0 Å². The molecule has 0 unspecified atom stereocenters. The summed E-state index contributed by atoms with van der Waals surface area (Å²) in [7, 11) is 0. The second-order valence-electron chi connectivity index (χ2n) is 6.54. The van der Waals surface area contributed by atoms with Gasteiger partial charge in [-0.1, -0.05) is 60.1 Å². The van der Waals surface area contributed by atoms with Gasteiger partial charge in [-0.25, -0.2) is 0 Å². The topological polar surface area (TPSA) is 29.5 Å². The first-order chi connectivity index (χ1) is 13.7. The molecule has 0 radical (unpaired) electrons. The van der Waals surface area contributed by atoms with Gasteiger partial charge in [-0.3, -0.25) is 4.79 Å². The predicted molar refractivity (Wildman–Crippen MR) is 115 cm³/mol. The largest absolute Gasteiger partial charge is 0.489 e. The molecule has 1 aliphatic rings. The number of rotatable bonds is 5. The summed E-state index contributed by atoms with van der Waals surface area (Å²) in [5, 5.41) is 0.568. The van der Waals surface area contributed by atoms with E-state index in [1.165, 1.54) is 0 Å². The number of benzene rings is 3. The Balaban J connectivity index is 1.55. The minimum Gasteiger partial charge on any atom is -0.489 e. The van der Waals surface area contributed by atoms with Gasteiger partial charge in [0.25, 0.3) is 5.91 Å². The predicted octanol–water partition coefficient (Wildman–Crippen LogP) is 5.81. The third-order valence-electron chi connectivity index (χ3n) is 4.67. The molecule has 3 nitrogen and oxygen atoms in total. The Kier molecular flexibility index (Phi) is 5.89. The number of hydrogen-bond acceptors (Lipinski definition) is 3. The molecule has 3 aromatic rings. The van der Waals surface area contributed by atoms with Gasteiger partial charge in [-0.05, 0) is 35.9 Å². The Morgan fingerprint density at radius 2 is 1.71 bits per heavy atom. The van der Waals surface area contributed by atoms with E-state index in [2.05, 4.69) is 0 Å². The summed E-state index contributed by atoms with van der Waals surface area (Å²) in [4.78, 5) is 15.0. The van der Waals surface area contributed by atoms with E-state index < -0.39 is 0 Å². The maximum atomic E-state index is 13.1. The van der Waals surface area contributed by atoms with E-state index >= 15 is 0 Å². The van der Waals surface area contributed by atoms with Crippen LogP contribution in [-0.2, 0) is 6.61 Å². The Bertz CT molecular complexity index is 946. The van der Waals surface area contributed by atoms with Gasteiger partial charge in [0.15, 0.2) is 0 Å². The lowest BCUT2D eigenvalue weighted by Crippen LogP contribution is -2.30. The number of carbonyl (C=O) groups is 1. The number of hydrogen-bond donors (Lipinski definition) is 0. The standard InChI is InChI=1S/C23H20ClNO2S/c24-19-12-10-18(11-13-19)22(26)25-14-15-28-23(25)20-8-4-5-9-21(20)27-16-17-6-2-1-3-7-17/h1-13,23H,14-16H2/t23-/m1/s1. The number of halogens is 1. The van der Waals surface area contributed by atoms with Crippen LogP contribution in [0.25, 0.3) is 0 Å². The minimum absolute atomic E-state index is 0.0181. The van der Waals surface area contributed by atoms with Crippen molar-refractivity contribution in [3.05, 3.63) is 101 Å². The molecule has 142 valence electrons. The number of ether oxygens (including phenoxy) is 1. The second-order valence-corrected chi connectivity index (χ2v) is 8.17. The Morgan fingerprint density at radius 1 is 1.00 bits per heavy atom. The Morgan fingerprint density at radius 3 is 2.50 bits per heavy atom. The molecule has 0 spiro atoms. The first kappa shape index (κ1) is 18.9. The first-order valence-corrected chi connectivity index (χ1v) is 10.6. The molecule has 28 heavy (non-hydrogen) atoms. The maximum Gasteiger partial charge on any atom is 0.255 e. The third-order valence-corrected chi connectivity index (χ3v) is 6.16. The van der Waals surface area contributed by atoms with Crippen LogP contribution in [0.1, 0.15) is 26.9 Å². The number of amides is 1. The van der Waals surface area contributed by atoms with E-state index in [1.807, 2.05) is 59.5 Å². The van der Waals surface area contributed by atoms with Crippen LogP contribution in [0, 0.1) is 0 Å². The van der Waals surface area contributed by atoms with Crippen LogP contribution in [0.5, 0.6) is 5.75 Å². The quantitative estimate of drug-likeness (QED) is 0.532. The van der Waals surface area contributed by atoms with Crippen molar-refractivity contribution in [2.75, 3.05) is 12.3 Å². The summed E-state index contributed by atoms with van der Waals surface area (Å²) in [6, 6.07) is 25.1. The van der Waals surface area contributed by atoms with Crippen LogP contribution >= 0.6 is 23.4 Å². The van der Waals surface area contributed by atoms with Crippen molar-refractivity contribution >= 4 is 29.3 Å². The molecule has 1 aliphatic heterocycles. The van der Waals surface area contributed by atoms with E-state index in [4.69, 9.17) is 16.3 Å². The molecule has 0 N–H and O–H groups in total. The SMILES string of the molecule is O=C(c1ccc(Cl)cc1)N1CCS[C@@H]1c1ccccc1OCc1ccccc1. The lowest BCUT2D eigenvalue weighted by molar-refractivity contribution is 0.0759. The molecule has 1 fully saturated rings. The van der Waals surface area contributed by atoms with Crippen molar-refractivity contribution < 1.29 is 9.53 Å². The monoisotopic (exact) mass is 409 g/mol. The lowest BCUT2D eigenvalue weighted by Gasteiger charge is -2.26. The van der Waals surface area contributed by atoms with E-state index in [0.29, 0.717) is 23.7 Å². The zero-order valence-corrected chi connectivity index (χ0v) is 16.8. The van der Waals surface area contributed by atoms with Gasteiger partial charge in [-0.2, -0.15) is 0 Å². The fourth-order valence-corrected chi connectivity index (χ4v) is 4.65. The fraction of sp³-hybridized carbons (Fsp3) is 0.174. The highest BCUT2D eigenvalue weighted by molar-refractivity contribution is 7.99. The van der Waals surface area contributed by atoms with Crippen LogP contribution < -0.4 is 4.74 Å². The average molecular weight is 410 g/mol. The number of para-hydroxylation sites is 1. The first-order valence-electron chi connectivity index (χ1n) is 9.16. The van der Waals surface area contributed by atoms with Gasteiger partial charge in [-0.15, -0.1) is 11.8 Å². The smallest absolute Gasteiger partial charge is 0.255 e. The molecule has 5 heteroatoms. The molecule has 0 aromatic heterocycles. The van der Waals surface area contributed by atoms with Crippen molar-refractivity contribution in [2.24, 2.45) is 0 Å². The van der Waals surface area contributed by atoms with Crippen LogP contribution in [-0.4, -0.2) is 23.1 Å². The lowest BCUT2D eigenvalue weighted by atomic mass is 10.1. The molecule has 1 amide bonds. The van der Waals surface area contributed by atoms with Gasteiger partial charge >= 0.3 is 0 Å². The molecule has 0 bridgehead atoms. The molecule has 1 atom stereocenters. The summed E-state index contributed by atoms with van der Waals surface area (Å²) in [6.45, 7) is 1.21. The summed E-state index contributed by atoms with van der Waals surface area (Å²) in [5.41, 5.74) is 2.80.